The van der Waals surface area contributed by atoms with Gasteiger partial charge in [-0.25, -0.2) is 4.79 Å². The Balaban J connectivity index is 0.00000264. The number of carbonyl (C=O) groups is 1. The summed E-state index contributed by atoms with van der Waals surface area (Å²) in [5.74, 6) is 0.464. The first-order valence-corrected chi connectivity index (χ1v) is 8.29. The Morgan fingerprint density at radius 2 is 1.87 bits per heavy atom. The quantitative estimate of drug-likeness (QED) is 0.602. The molecular weight excluding hydrogens is 378 g/mol. The Bertz CT molecular complexity index is 711. The van der Waals surface area contributed by atoms with Gasteiger partial charge >= 0.3 is 35.6 Å². The van der Waals surface area contributed by atoms with Crippen molar-refractivity contribution < 1.29 is 22.5 Å². The third-order valence-electron chi connectivity index (χ3n) is 2.81. The molecule has 1 aromatic carbocycles. The average molecular weight is 391 g/mol. The zero-order valence-electron chi connectivity index (χ0n) is 11.2. The van der Waals surface area contributed by atoms with E-state index in [4.69, 9.17) is 32.5 Å². The van der Waals surface area contributed by atoms with E-state index in [1.807, 2.05) is 0 Å². The fourth-order valence-corrected chi connectivity index (χ4v) is 2.99. The standard InChI is InChI=1S/C12H12Cl2N2O5S.Na.H/c1-7(21-9-4-2-8(13)3-5-9)16-6-10(14)11(15-12(16)17)22(18,19)20;;/h2-7,11H,1H3,(H,15,17)(H,18,19,20);;. The van der Waals surface area contributed by atoms with Gasteiger partial charge in [0.15, 0.2) is 11.6 Å². The van der Waals surface area contributed by atoms with Crippen LogP contribution in [0.1, 0.15) is 6.92 Å². The van der Waals surface area contributed by atoms with Crippen molar-refractivity contribution in [3.8, 4) is 5.75 Å². The van der Waals surface area contributed by atoms with Crippen molar-refractivity contribution >= 4 is 68.9 Å². The van der Waals surface area contributed by atoms with Crippen molar-refractivity contribution in [1.82, 2.24) is 10.2 Å². The molecule has 122 valence electrons. The maximum atomic E-state index is 11.9. The Morgan fingerprint density at radius 3 is 2.39 bits per heavy atom. The zero-order valence-corrected chi connectivity index (χ0v) is 13.6. The minimum atomic E-state index is -4.54. The van der Waals surface area contributed by atoms with E-state index in [9.17, 15) is 13.2 Å². The van der Waals surface area contributed by atoms with Crippen LogP contribution < -0.4 is 10.1 Å². The van der Waals surface area contributed by atoms with Crippen LogP contribution in [0.5, 0.6) is 5.75 Å². The number of amides is 2. The number of carbonyl (C=O) groups excluding carboxylic acids is 1. The van der Waals surface area contributed by atoms with E-state index < -0.39 is 27.8 Å². The van der Waals surface area contributed by atoms with E-state index in [1.54, 1.807) is 31.2 Å². The van der Waals surface area contributed by atoms with E-state index in [1.165, 1.54) is 0 Å². The Morgan fingerprint density at radius 1 is 1.30 bits per heavy atom. The van der Waals surface area contributed by atoms with Crippen molar-refractivity contribution in [2.45, 2.75) is 18.5 Å². The van der Waals surface area contributed by atoms with Crippen LogP contribution in [-0.4, -0.2) is 65.1 Å². The van der Waals surface area contributed by atoms with Gasteiger partial charge < -0.3 is 10.1 Å². The molecule has 2 N–H and O–H groups in total. The summed E-state index contributed by atoms with van der Waals surface area (Å²) in [6.07, 6.45) is 0.330. The van der Waals surface area contributed by atoms with E-state index >= 15 is 0 Å². The molecule has 23 heavy (non-hydrogen) atoms. The number of hydrogen-bond donors (Lipinski definition) is 2. The fraction of sp³-hybridized carbons (Fsp3) is 0.250. The van der Waals surface area contributed by atoms with E-state index in [2.05, 4.69) is 5.32 Å². The Labute approximate surface area is 165 Å². The number of nitrogens with one attached hydrogen (secondary N) is 1. The first-order valence-electron chi connectivity index (χ1n) is 6.03. The van der Waals surface area contributed by atoms with Gasteiger partial charge in [0.1, 0.15) is 5.75 Å². The summed E-state index contributed by atoms with van der Waals surface area (Å²) < 4.78 is 36.7. The second-order valence-corrected chi connectivity index (χ2v) is 6.81. The summed E-state index contributed by atoms with van der Waals surface area (Å²) in [5, 5.41) is 0.681. The molecule has 7 nitrogen and oxygen atoms in total. The molecule has 0 saturated heterocycles. The van der Waals surface area contributed by atoms with Gasteiger partial charge in [0.25, 0.3) is 10.1 Å². The van der Waals surface area contributed by atoms with Gasteiger partial charge in [-0.3, -0.25) is 9.45 Å². The molecule has 2 unspecified atom stereocenters. The predicted octanol–water partition coefficient (Wildman–Crippen LogP) is 1.74. The molecule has 1 aliphatic heterocycles. The van der Waals surface area contributed by atoms with Crippen LogP contribution in [0.3, 0.4) is 0 Å². The van der Waals surface area contributed by atoms with Gasteiger partial charge in [-0.05, 0) is 31.2 Å². The molecule has 1 heterocycles. The van der Waals surface area contributed by atoms with Crippen LogP contribution in [-0.2, 0) is 10.1 Å². The van der Waals surface area contributed by atoms with Crippen LogP contribution in [0.2, 0.25) is 5.02 Å². The number of urea groups is 1. The molecule has 0 spiro atoms. The molecule has 1 aliphatic rings. The maximum absolute atomic E-state index is 11.9. The molecule has 0 aromatic heterocycles. The van der Waals surface area contributed by atoms with Crippen LogP contribution in [0, 0.1) is 0 Å². The molecule has 0 aliphatic carbocycles. The van der Waals surface area contributed by atoms with Gasteiger partial charge in [-0.1, -0.05) is 23.2 Å². The molecule has 2 rings (SSSR count). The van der Waals surface area contributed by atoms with Crippen molar-refractivity contribution in [3.63, 3.8) is 0 Å². The summed E-state index contributed by atoms with van der Waals surface area (Å²) in [5.41, 5.74) is 0. The number of halogens is 2. The van der Waals surface area contributed by atoms with Gasteiger partial charge in [0.05, 0.1) is 5.03 Å². The molecule has 0 bridgehead atoms. The van der Waals surface area contributed by atoms with Crippen LogP contribution in [0.4, 0.5) is 4.79 Å². The molecule has 1 aromatic rings. The van der Waals surface area contributed by atoms with Crippen molar-refractivity contribution in [2.24, 2.45) is 0 Å². The van der Waals surface area contributed by atoms with Crippen LogP contribution in [0.15, 0.2) is 35.5 Å². The normalized spacial score (nSPS) is 19.3. The molecule has 0 radical (unpaired) electrons. The summed E-state index contributed by atoms with van der Waals surface area (Å²) in [6.45, 7) is 1.57. The van der Waals surface area contributed by atoms with Gasteiger partial charge in [0.2, 0.25) is 0 Å². The van der Waals surface area contributed by atoms with Gasteiger partial charge in [-0.2, -0.15) is 8.42 Å². The second kappa shape index (κ2) is 8.06. The van der Waals surface area contributed by atoms with E-state index in [0.717, 1.165) is 11.1 Å². The molecule has 0 fully saturated rings. The fourth-order valence-electron chi connectivity index (χ4n) is 1.77. The van der Waals surface area contributed by atoms with E-state index in [-0.39, 0.29) is 34.6 Å². The zero-order chi connectivity index (χ0) is 16.5. The summed E-state index contributed by atoms with van der Waals surface area (Å²) in [6, 6.07) is 5.71. The summed E-state index contributed by atoms with van der Waals surface area (Å²) >= 11 is 11.5. The molecule has 2 atom stereocenters. The second-order valence-electron chi connectivity index (χ2n) is 4.44. The van der Waals surface area contributed by atoms with Crippen molar-refractivity contribution in [3.05, 3.63) is 40.5 Å². The SMILES string of the molecule is CC(Oc1ccc(Cl)cc1)N1C=C(Cl)C(S(=O)(=O)O)NC1=O.[NaH]. The molecular formula is C12H13Cl2N2NaO5S. The number of benzene rings is 1. The third kappa shape index (κ3) is 5.25. The molecule has 0 saturated carbocycles. The third-order valence-corrected chi connectivity index (χ3v) is 4.48. The number of rotatable bonds is 4. The Kier molecular flexibility index (Phi) is 7.21. The first-order chi connectivity index (χ1) is 10.2. The van der Waals surface area contributed by atoms with Gasteiger partial charge in [-0.15, -0.1) is 0 Å². The molecule has 11 heteroatoms. The number of ether oxygens (including phenoxy) is 1. The predicted molar refractivity (Wildman–Crippen MR) is 88.3 cm³/mol. The number of nitrogens with zero attached hydrogens (tertiary/aromatic N) is 1. The summed E-state index contributed by atoms with van der Waals surface area (Å²) in [7, 11) is -4.54. The Hall–Kier alpha value is -0.480. The first kappa shape index (κ1) is 20.6. The van der Waals surface area contributed by atoms with Crippen LogP contribution >= 0.6 is 23.2 Å². The number of hydrogen-bond acceptors (Lipinski definition) is 4. The molecule has 2 amide bonds. The van der Waals surface area contributed by atoms with Gasteiger partial charge in [0, 0.05) is 11.2 Å². The van der Waals surface area contributed by atoms with Crippen molar-refractivity contribution in [1.29, 1.82) is 0 Å². The topological polar surface area (TPSA) is 95.9 Å². The van der Waals surface area contributed by atoms with Crippen LogP contribution in [0.25, 0.3) is 0 Å². The monoisotopic (exact) mass is 390 g/mol. The summed E-state index contributed by atoms with van der Waals surface area (Å²) in [4.78, 5) is 13.0. The minimum absolute atomic E-state index is 0. The average Bonchev–Trinajstić information content (AvgIpc) is 2.42. The van der Waals surface area contributed by atoms with Crippen molar-refractivity contribution in [2.75, 3.05) is 0 Å². The van der Waals surface area contributed by atoms with E-state index in [0.29, 0.717) is 10.8 Å².